The van der Waals surface area contributed by atoms with Crippen molar-refractivity contribution >= 4 is 23.2 Å². The molecule has 0 saturated carbocycles. The second-order valence-electron chi connectivity index (χ2n) is 7.83. The number of fused-ring (bicyclic) bond motifs is 1. The second kappa shape index (κ2) is 9.44. The number of hydrogen-bond donors (Lipinski definition) is 1. The Morgan fingerprint density at radius 3 is 2.53 bits per heavy atom. The van der Waals surface area contributed by atoms with Crippen LogP contribution < -0.4 is 10.9 Å². The predicted molar refractivity (Wildman–Crippen MR) is 129 cm³/mol. The molecule has 0 atom stereocenters. The van der Waals surface area contributed by atoms with Crippen LogP contribution in [0, 0.1) is 13.8 Å². The first-order valence-corrected chi connectivity index (χ1v) is 11.7. The number of aryl methyl sites for hydroxylation is 3. The van der Waals surface area contributed by atoms with E-state index in [-0.39, 0.29) is 17.9 Å². The molecular formula is C25H26N4O2S. The molecule has 32 heavy (non-hydrogen) atoms. The topological polar surface area (TPSA) is 68.4 Å². The van der Waals surface area contributed by atoms with E-state index in [9.17, 15) is 9.59 Å². The third-order valence-corrected chi connectivity index (χ3v) is 6.38. The molecule has 2 aromatic carbocycles. The molecule has 0 aliphatic heterocycles. The summed E-state index contributed by atoms with van der Waals surface area (Å²) >= 11 is 1.69. The van der Waals surface area contributed by atoms with E-state index in [0.717, 1.165) is 16.8 Å². The van der Waals surface area contributed by atoms with Crippen molar-refractivity contribution in [3.63, 3.8) is 0 Å². The van der Waals surface area contributed by atoms with Crippen molar-refractivity contribution in [2.24, 2.45) is 0 Å². The average molecular weight is 447 g/mol. The van der Waals surface area contributed by atoms with Crippen LogP contribution in [-0.4, -0.2) is 26.3 Å². The van der Waals surface area contributed by atoms with Crippen LogP contribution in [0.25, 0.3) is 16.8 Å². The highest BCUT2D eigenvalue weighted by Gasteiger charge is 2.11. The summed E-state index contributed by atoms with van der Waals surface area (Å²) in [7, 11) is 0. The minimum atomic E-state index is -0.157. The van der Waals surface area contributed by atoms with Crippen molar-refractivity contribution in [3.8, 4) is 11.3 Å². The van der Waals surface area contributed by atoms with Crippen molar-refractivity contribution in [2.75, 3.05) is 6.26 Å². The number of carbonyl (C=O) groups excluding carboxylic acids is 1. The highest BCUT2D eigenvalue weighted by atomic mass is 32.2. The summed E-state index contributed by atoms with van der Waals surface area (Å²) in [6.07, 6.45) is 5.70. The van der Waals surface area contributed by atoms with Gasteiger partial charge in [-0.2, -0.15) is 5.10 Å². The quantitative estimate of drug-likeness (QED) is 0.432. The summed E-state index contributed by atoms with van der Waals surface area (Å²) in [5.74, 6) is -0.0879. The monoisotopic (exact) mass is 446 g/mol. The third kappa shape index (κ3) is 4.78. The minimum Gasteiger partial charge on any atom is -0.352 e. The van der Waals surface area contributed by atoms with E-state index >= 15 is 0 Å². The van der Waals surface area contributed by atoms with E-state index in [1.165, 1.54) is 16.0 Å². The molecule has 2 heterocycles. The smallest absolute Gasteiger partial charge is 0.276 e. The number of thioether (sulfide) groups is 1. The van der Waals surface area contributed by atoms with Crippen LogP contribution in [0.2, 0.25) is 0 Å². The molecule has 1 amide bonds. The fraction of sp³-hybridized carbons (Fsp3) is 0.240. The third-order valence-electron chi connectivity index (χ3n) is 5.63. The SMILES string of the molecule is CSc1ccc(CNC(=O)CCn2ccn3nc(-c4ccc(C)c(C)c4)cc3c2=O)cc1. The molecule has 0 spiro atoms. The van der Waals surface area contributed by atoms with Gasteiger partial charge in [0, 0.05) is 42.4 Å². The maximum atomic E-state index is 12.9. The van der Waals surface area contributed by atoms with Gasteiger partial charge in [0.25, 0.3) is 5.56 Å². The van der Waals surface area contributed by atoms with Gasteiger partial charge >= 0.3 is 0 Å². The van der Waals surface area contributed by atoms with E-state index in [1.807, 2.05) is 36.6 Å². The summed E-state index contributed by atoms with van der Waals surface area (Å²) in [5.41, 5.74) is 5.53. The molecule has 0 unspecified atom stereocenters. The predicted octanol–water partition coefficient (Wildman–Crippen LogP) is 4.21. The Morgan fingerprint density at radius 2 is 1.81 bits per heavy atom. The van der Waals surface area contributed by atoms with Crippen LogP contribution in [0.3, 0.4) is 0 Å². The number of hydrogen-bond acceptors (Lipinski definition) is 4. The van der Waals surface area contributed by atoms with Gasteiger partial charge in [0.05, 0.1) is 5.69 Å². The van der Waals surface area contributed by atoms with E-state index in [1.54, 1.807) is 39.3 Å². The zero-order valence-electron chi connectivity index (χ0n) is 18.5. The molecule has 0 aliphatic carbocycles. The molecule has 1 N–H and O–H groups in total. The van der Waals surface area contributed by atoms with Gasteiger partial charge in [-0.1, -0.05) is 24.3 Å². The van der Waals surface area contributed by atoms with Crippen LogP contribution in [0.4, 0.5) is 0 Å². The highest BCUT2D eigenvalue weighted by Crippen LogP contribution is 2.21. The molecule has 0 saturated heterocycles. The summed E-state index contributed by atoms with van der Waals surface area (Å²) in [6.45, 7) is 4.92. The summed E-state index contributed by atoms with van der Waals surface area (Å²) < 4.78 is 3.16. The summed E-state index contributed by atoms with van der Waals surface area (Å²) in [6, 6.07) is 16.1. The molecule has 0 radical (unpaired) electrons. The number of amides is 1. The normalized spacial score (nSPS) is 11.1. The average Bonchev–Trinajstić information content (AvgIpc) is 3.24. The molecule has 0 fully saturated rings. The fourth-order valence-corrected chi connectivity index (χ4v) is 3.91. The van der Waals surface area contributed by atoms with Gasteiger partial charge in [-0.3, -0.25) is 9.59 Å². The molecule has 0 bridgehead atoms. The van der Waals surface area contributed by atoms with Crippen molar-refractivity contribution < 1.29 is 4.79 Å². The molecule has 6 nitrogen and oxygen atoms in total. The minimum absolute atomic E-state index is 0.0879. The van der Waals surface area contributed by atoms with E-state index in [2.05, 4.69) is 36.4 Å². The highest BCUT2D eigenvalue weighted by molar-refractivity contribution is 7.98. The molecule has 0 aliphatic rings. The lowest BCUT2D eigenvalue weighted by Crippen LogP contribution is -2.27. The van der Waals surface area contributed by atoms with Crippen LogP contribution in [0.15, 0.2) is 70.6 Å². The zero-order chi connectivity index (χ0) is 22.7. The second-order valence-corrected chi connectivity index (χ2v) is 8.71. The molecule has 7 heteroatoms. The van der Waals surface area contributed by atoms with Crippen LogP contribution in [-0.2, 0) is 17.9 Å². The first-order valence-electron chi connectivity index (χ1n) is 10.5. The summed E-state index contributed by atoms with van der Waals surface area (Å²) in [4.78, 5) is 26.4. The molecule has 2 aromatic heterocycles. The Balaban J connectivity index is 1.42. The first kappa shape index (κ1) is 21.9. The molecule has 4 aromatic rings. The number of nitrogens with zero attached hydrogens (tertiary/aromatic N) is 3. The Hall–Kier alpha value is -3.32. The number of benzene rings is 2. The standard InChI is InChI=1S/C25H26N4O2S/c1-17-4-7-20(14-18(17)2)22-15-23-25(31)28(12-13-29(23)27-22)11-10-24(30)26-16-19-5-8-21(32-3)9-6-19/h4-9,12-15H,10-11,16H2,1-3H3,(H,26,30). The fourth-order valence-electron chi connectivity index (χ4n) is 3.50. The van der Waals surface area contributed by atoms with E-state index in [4.69, 9.17) is 0 Å². The van der Waals surface area contributed by atoms with Gasteiger partial charge in [-0.15, -0.1) is 11.8 Å². The maximum Gasteiger partial charge on any atom is 0.276 e. The number of nitrogens with one attached hydrogen (secondary N) is 1. The largest absolute Gasteiger partial charge is 0.352 e. The lowest BCUT2D eigenvalue weighted by molar-refractivity contribution is -0.121. The van der Waals surface area contributed by atoms with Gasteiger partial charge in [0.1, 0.15) is 5.52 Å². The van der Waals surface area contributed by atoms with Crippen molar-refractivity contribution in [1.29, 1.82) is 0 Å². The number of carbonyl (C=O) groups is 1. The van der Waals surface area contributed by atoms with Gasteiger partial charge in [-0.25, -0.2) is 4.52 Å². The van der Waals surface area contributed by atoms with Crippen LogP contribution in [0.5, 0.6) is 0 Å². The lowest BCUT2D eigenvalue weighted by atomic mass is 10.0. The van der Waals surface area contributed by atoms with Gasteiger partial charge in [0.2, 0.25) is 5.91 Å². The molecule has 4 rings (SSSR count). The Morgan fingerprint density at radius 1 is 1.03 bits per heavy atom. The van der Waals surface area contributed by atoms with E-state index < -0.39 is 0 Å². The van der Waals surface area contributed by atoms with Gasteiger partial charge in [-0.05, 0) is 61.1 Å². The maximum absolute atomic E-state index is 12.9. The molecule has 164 valence electrons. The van der Waals surface area contributed by atoms with Crippen molar-refractivity contribution in [3.05, 3.63) is 88.0 Å². The summed E-state index contributed by atoms with van der Waals surface area (Å²) in [5, 5.41) is 7.47. The number of rotatable bonds is 7. The lowest BCUT2D eigenvalue weighted by Gasteiger charge is -2.08. The Labute approximate surface area is 191 Å². The van der Waals surface area contributed by atoms with Crippen LogP contribution in [0.1, 0.15) is 23.1 Å². The van der Waals surface area contributed by atoms with Gasteiger partial charge < -0.3 is 9.88 Å². The van der Waals surface area contributed by atoms with Crippen LogP contribution >= 0.6 is 11.8 Å². The number of aromatic nitrogens is 3. The van der Waals surface area contributed by atoms with E-state index in [0.29, 0.717) is 18.6 Å². The van der Waals surface area contributed by atoms with Crippen molar-refractivity contribution in [2.45, 2.75) is 38.3 Å². The Kier molecular flexibility index (Phi) is 6.46. The molecular weight excluding hydrogens is 420 g/mol. The zero-order valence-corrected chi connectivity index (χ0v) is 19.3. The Bertz CT molecular complexity index is 1320. The first-order chi connectivity index (χ1) is 15.4. The van der Waals surface area contributed by atoms with Crippen molar-refractivity contribution in [1.82, 2.24) is 19.5 Å². The van der Waals surface area contributed by atoms with Gasteiger partial charge in [0.15, 0.2) is 0 Å².